The van der Waals surface area contributed by atoms with Crippen molar-refractivity contribution in [2.45, 2.75) is 57.0 Å². The number of ether oxygens (including phenoxy) is 1. The molecule has 2 amide bonds. The minimum absolute atomic E-state index is 0.0606. The molecule has 1 fully saturated rings. The summed E-state index contributed by atoms with van der Waals surface area (Å²) in [7, 11) is 0. The first-order chi connectivity index (χ1) is 16.0. The molecule has 4 rings (SSSR count). The molecule has 2 aliphatic carbocycles. The number of rotatable bonds is 6. The molecule has 2 aliphatic rings. The van der Waals surface area contributed by atoms with Gasteiger partial charge in [0.1, 0.15) is 12.6 Å². The largest absolute Gasteiger partial charge is 0.481 e. The molecule has 0 aromatic heterocycles. The molecular formula is C26H30N2O5. The minimum atomic E-state index is -0.889. The number of carbonyl (C=O) groups is 3. The number of nitrogens with one attached hydrogen (secondary N) is 2. The lowest BCUT2D eigenvalue weighted by molar-refractivity contribution is -0.143. The molecule has 33 heavy (non-hydrogen) atoms. The average Bonchev–Trinajstić information content (AvgIpc) is 2.94. The summed E-state index contributed by atoms with van der Waals surface area (Å²) in [5, 5.41) is 14.9. The predicted octanol–water partition coefficient (Wildman–Crippen LogP) is 4.06. The van der Waals surface area contributed by atoms with Crippen LogP contribution in [-0.4, -0.2) is 41.8 Å². The average molecular weight is 451 g/mol. The van der Waals surface area contributed by atoms with Crippen LogP contribution in [0.1, 0.15) is 56.1 Å². The molecule has 1 saturated carbocycles. The maximum absolute atomic E-state index is 12.6. The van der Waals surface area contributed by atoms with Crippen molar-refractivity contribution in [3.63, 3.8) is 0 Å². The highest BCUT2D eigenvalue weighted by Crippen LogP contribution is 2.44. The third-order valence-electron chi connectivity index (χ3n) is 6.73. The van der Waals surface area contributed by atoms with E-state index in [9.17, 15) is 19.5 Å². The van der Waals surface area contributed by atoms with Crippen LogP contribution in [0, 0.1) is 5.92 Å². The van der Waals surface area contributed by atoms with Gasteiger partial charge in [0.05, 0.1) is 5.92 Å². The Kier molecular flexibility index (Phi) is 6.96. The molecule has 174 valence electrons. The van der Waals surface area contributed by atoms with Crippen molar-refractivity contribution in [1.82, 2.24) is 10.6 Å². The van der Waals surface area contributed by atoms with Crippen LogP contribution in [0.25, 0.3) is 11.1 Å². The Morgan fingerprint density at radius 3 is 2.21 bits per heavy atom. The summed E-state index contributed by atoms with van der Waals surface area (Å²) < 4.78 is 5.51. The molecule has 7 nitrogen and oxygen atoms in total. The van der Waals surface area contributed by atoms with E-state index in [2.05, 4.69) is 22.8 Å². The second kappa shape index (κ2) is 10.1. The third kappa shape index (κ3) is 5.02. The van der Waals surface area contributed by atoms with E-state index in [1.54, 1.807) is 6.92 Å². The van der Waals surface area contributed by atoms with Crippen LogP contribution in [0.5, 0.6) is 0 Å². The lowest BCUT2D eigenvalue weighted by Gasteiger charge is -2.25. The van der Waals surface area contributed by atoms with Gasteiger partial charge in [-0.05, 0) is 42.0 Å². The van der Waals surface area contributed by atoms with E-state index in [-0.39, 0.29) is 12.5 Å². The van der Waals surface area contributed by atoms with Crippen molar-refractivity contribution < 1.29 is 24.2 Å². The van der Waals surface area contributed by atoms with E-state index in [4.69, 9.17) is 4.74 Å². The lowest BCUT2D eigenvalue weighted by Crippen LogP contribution is -2.51. The molecule has 0 bridgehead atoms. The maximum Gasteiger partial charge on any atom is 0.407 e. The van der Waals surface area contributed by atoms with Gasteiger partial charge >= 0.3 is 12.1 Å². The van der Waals surface area contributed by atoms with Gasteiger partial charge in [-0.1, -0.05) is 67.8 Å². The third-order valence-corrected chi connectivity index (χ3v) is 6.73. The van der Waals surface area contributed by atoms with Crippen LogP contribution in [0.15, 0.2) is 48.5 Å². The first-order valence-corrected chi connectivity index (χ1v) is 11.6. The van der Waals surface area contributed by atoms with Gasteiger partial charge in [-0.2, -0.15) is 0 Å². The Bertz CT molecular complexity index is 991. The zero-order valence-electron chi connectivity index (χ0n) is 18.8. The van der Waals surface area contributed by atoms with Crippen LogP contribution < -0.4 is 10.6 Å². The summed E-state index contributed by atoms with van der Waals surface area (Å²) in [6, 6.07) is 14.9. The number of benzene rings is 2. The normalized spacial score (nSPS) is 20.6. The van der Waals surface area contributed by atoms with Gasteiger partial charge in [-0.15, -0.1) is 0 Å². The van der Waals surface area contributed by atoms with E-state index in [1.165, 1.54) is 0 Å². The van der Waals surface area contributed by atoms with Crippen molar-refractivity contribution >= 4 is 18.0 Å². The van der Waals surface area contributed by atoms with E-state index >= 15 is 0 Å². The zero-order valence-corrected chi connectivity index (χ0v) is 18.8. The first kappa shape index (κ1) is 22.8. The van der Waals surface area contributed by atoms with Gasteiger partial charge in [0.15, 0.2) is 0 Å². The smallest absolute Gasteiger partial charge is 0.407 e. The lowest BCUT2D eigenvalue weighted by atomic mass is 9.94. The second-order valence-corrected chi connectivity index (χ2v) is 8.89. The fourth-order valence-corrected chi connectivity index (χ4v) is 4.97. The Morgan fingerprint density at radius 2 is 1.58 bits per heavy atom. The zero-order chi connectivity index (χ0) is 23.4. The number of amides is 2. The van der Waals surface area contributed by atoms with Crippen molar-refractivity contribution in [2.75, 3.05) is 6.61 Å². The van der Waals surface area contributed by atoms with Gasteiger partial charge in [0.25, 0.3) is 0 Å². The molecule has 7 heteroatoms. The fourth-order valence-electron chi connectivity index (χ4n) is 4.97. The number of hydrogen-bond donors (Lipinski definition) is 3. The first-order valence-electron chi connectivity index (χ1n) is 11.6. The molecule has 3 unspecified atom stereocenters. The molecule has 0 heterocycles. The van der Waals surface area contributed by atoms with Crippen LogP contribution >= 0.6 is 0 Å². The second-order valence-electron chi connectivity index (χ2n) is 8.89. The summed E-state index contributed by atoms with van der Waals surface area (Å²) in [4.78, 5) is 36.7. The Balaban J connectivity index is 1.33. The topological polar surface area (TPSA) is 105 Å². The summed E-state index contributed by atoms with van der Waals surface area (Å²) in [6.45, 7) is 1.74. The minimum Gasteiger partial charge on any atom is -0.481 e. The monoisotopic (exact) mass is 450 g/mol. The van der Waals surface area contributed by atoms with E-state index < -0.39 is 36.0 Å². The standard InChI is InChI=1S/C26H30N2O5/c1-16(24(29)28-23-14-4-2-3-13-21(23)25(30)31)27-26(32)33-15-22-19-11-7-5-9-17(19)18-10-6-8-12-20(18)22/h5-12,16,21-23H,2-4,13-15H2,1H3,(H,27,32)(H,28,29)(H,30,31). The van der Waals surface area contributed by atoms with Crippen molar-refractivity contribution in [2.24, 2.45) is 5.92 Å². The molecule has 2 aromatic rings. The molecule has 0 saturated heterocycles. The highest BCUT2D eigenvalue weighted by molar-refractivity contribution is 5.86. The van der Waals surface area contributed by atoms with Crippen molar-refractivity contribution in [3.05, 3.63) is 59.7 Å². The summed E-state index contributed by atoms with van der Waals surface area (Å²) in [6.07, 6.45) is 3.19. The Morgan fingerprint density at radius 1 is 0.970 bits per heavy atom. The number of alkyl carbamates (subject to hydrolysis) is 1. The van der Waals surface area contributed by atoms with Crippen molar-refractivity contribution in [1.29, 1.82) is 0 Å². The quantitative estimate of drug-likeness (QED) is 0.576. The van der Waals surface area contributed by atoms with Gasteiger partial charge < -0.3 is 20.5 Å². The summed E-state index contributed by atoms with van der Waals surface area (Å²) >= 11 is 0. The molecule has 0 radical (unpaired) electrons. The van der Waals surface area contributed by atoms with E-state index in [1.807, 2.05) is 36.4 Å². The number of hydrogen-bond acceptors (Lipinski definition) is 4. The highest BCUT2D eigenvalue weighted by Gasteiger charge is 2.32. The fraction of sp³-hybridized carbons (Fsp3) is 0.423. The highest BCUT2D eigenvalue weighted by atomic mass is 16.5. The molecule has 3 N–H and O–H groups in total. The van der Waals surface area contributed by atoms with Gasteiger partial charge in [0, 0.05) is 12.0 Å². The molecule has 2 aromatic carbocycles. The SMILES string of the molecule is CC(NC(=O)OCC1c2ccccc2-c2ccccc21)C(=O)NC1CCCCCC1C(=O)O. The maximum atomic E-state index is 12.6. The van der Waals surface area contributed by atoms with Gasteiger partial charge in [0.2, 0.25) is 5.91 Å². The number of carboxylic acids is 1. The summed E-state index contributed by atoms with van der Waals surface area (Å²) in [5.41, 5.74) is 4.52. The molecule has 0 spiro atoms. The Hall–Kier alpha value is -3.35. The number of carbonyl (C=O) groups excluding carboxylic acids is 2. The van der Waals surface area contributed by atoms with Gasteiger partial charge in [-0.25, -0.2) is 4.79 Å². The van der Waals surface area contributed by atoms with Crippen LogP contribution in [0.2, 0.25) is 0 Å². The number of aliphatic carboxylic acids is 1. The van der Waals surface area contributed by atoms with E-state index in [0.717, 1.165) is 41.5 Å². The Labute approximate surface area is 193 Å². The number of fused-ring (bicyclic) bond motifs is 3. The predicted molar refractivity (Wildman–Crippen MR) is 124 cm³/mol. The van der Waals surface area contributed by atoms with Crippen LogP contribution in [0.3, 0.4) is 0 Å². The molecule has 3 atom stereocenters. The van der Waals surface area contributed by atoms with Crippen LogP contribution in [0.4, 0.5) is 4.79 Å². The van der Waals surface area contributed by atoms with Gasteiger partial charge in [-0.3, -0.25) is 9.59 Å². The number of carboxylic acid groups (broad SMARTS) is 1. The van der Waals surface area contributed by atoms with E-state index in [0.29, 0.717) is 12.8 Å². The van der Waals surface area contributed by atoms with Crippen molar-refractivity contribution in [3.8, 4) is 11.1 Å². The molecular weight excluding hydrogens is 420 g/mol. The van der Waals surface area contributed by atoms with Crippen LogP contribution in [-0.2, 0) is 14.3 Å². The molecule has 0 aliphatic heterocycles. The summed E-state index contributed by atoms with van der Waals surface area (Å²) in [5.74, 6) is -1.95.